The second-order valence-corrected chi connectivity index (χ2v) is 18.1. The summed E-state index contributed by atoms with van der Waals surface area (Å²) in [7, 11) is 2.95. The van der Waals surface area contributed by atoms with Gasteiger partial charge in [-0.15, -0.1) is 0 Å². The van der Waals surface area contributed by atoms with Gasteiger partial charge in [0.15, 0.2) is 6.79 Å². The molecule has 3 amide bonds. The van der Waals surface area contributed by atoms with Crippen molar-refractivity contribution in [2.24, 2.45) is 17.8 Å². The van der Waals surface area contributed by atoms with Crippen molar-refractivity contribution in [3.05, 3.63) is 108 Å². The zero-order valence-electron chi connectivity index (χ0n) is 37.2. The molecule has 0 aliphatic carbocycles. The maximum atomic E-state index is 14.4. The van der Waals surface area contributed by atoms with Crippen LogP contribution < -0.4 is 10.6 Å². The number of likely N-dealkylation sites (tertiary alicyclic amines) is 2. The van der Waals surface area contributed by atoms with E-state index in [4.69, 9.17) is 28.9 Å². The van der Waals surface area contributed by atoms with Crippen molar-refractivity contribution < 1.29 is 33.3 Å². The molecule has 3 saturated heterocycles. The van der Waals surface area contributed by atoms with Gasteiger partial charge in [-0.1, -0.05) is 87.5 Å². The van der Waals surface area contributed by atoms with Crippen LogP contribution in [0.1, 0.15) is 69.0 Å². The Bertz CT molecular complexity index is 2910. The molecular formula is C50H54N8O7. The van der Waals surface area contributed by atoms with Crippen molar-refractivity contribution in [2.45, 2.75) is 64.2 Å². The van der Waals surface area contributed by atoms with Crippen LogP contribution in [-0.2, 0) is 28.5 Å². The fourth-order valence-electron chi connectivity index (χ4n) is 10.0. The molecule has 5 heterocycles. The van der Waals surface area contributed by atoms with Gasteiger partial charge in [0, 0.05) is 36.9 Å². The number of methoxy groups -OCH3 is 2. The van der Waals surface area contributed by atoms with E-state index in [0.29, 0.717) is 43.4 Å². The Morgan fingerprint density at radius 2 is 1.37 bits per heavy atom. The van der Waals surface area contributed by atoms with Gasteiger partial charge in [0.05, 0.1) is 53.9 Å². The van der Waals surface area contributed by atoms with Gasteiger partial charge in [0.1, 0.15) is 17.7 Å². The van der Waals surface area contributed by atoms with E-state index in [2.05, 4.69) is 82.1 Å². The van der Waals surface area contributed by atoms with Gasteiger partial charge >= 0.3 is 6.09 Å². The molecule has 65 heavy (non-hydrogen) atoms. The highest BCUT2D eigenvalue weighted by molar-refractivity contribution is 6.07. The number of imidazole rings is 2. The first-order valence-corrected chi connectivity index (χ1v) is 22.4. The Morgan fingerprint density at radius 3 is 1.92 bits per heavy atom. The number of hydrogen-bond acceptors (Lipinski definition) is 10. The maximum absolute atomic E-state index is 14.4. The average Bonchev–Trinajstić information content (AvgIpc) is 4.12. The fraction of sp³-hybridized carbons (Fsp3) is 0.380. The standard InChI is InChI=1S/C50H54N8O7/c1-27(2)41(56-50-64-26-65-50)47(59)57-23-28(3)19-39(57)45-51-37-17-13-33-21-31(11-15-35(33)43(37)53-45)32-12-16-36-34(22-32)14-18-38-44(36)54-46(52-38)40-20-29(25-62-4)24-58(40)48(60)42(55-49(61)63-5)30-9-7-6-8-10-30/h6-18,21-22,27-29,39-42,50,56H,19-20,23-26H2,1-5H3,(H,51,53)(H,52,54)(H,55,61)/t28-,29-,39-,40-,41-,42+/m0/s1. The number of benzene rings is 5. The van der Waals surface area contributed by atoms with Crippen LogP contribution in [0.2, 0.25) is 0 Å². The van der Waals surface area contributed by atoms with E-state index in [9.17, 15) is 14.4 Å². The van der Waals surface area contributed by atoms with E-state index >= 15 is 0 Å². The number of rotatable bonds is 12. The molecule has 5 aromatic carbocycles. The number of nitrogens with one attached hydrogen (secondary N) is 4. The molecular weight excluding hydrogens is 825 g/mol. The zero-order chi connectivity index (χ0) is 44.9. The Hall–Kier alpha value is -6.39. The minimum atomic E-state index is -0.938. The summed E-state index contributed by atoms with van der Waals surface area (Å²) in [5.74, 6) is 1.71. The molecule has 10 rings (SSSR count). The predicted molar refractivity (Wildman–Crippen MR) is 246 cm³/mol. The lowest BCUT2D eigenvalue weighted by molar-refractivity contribution is -0.335. The molecule has 4 N–H and O–H groups in total. The lowest BCUT2D eigenvalue weighted by atomic mass is 9.98. The number of H-pyrrole nitrogens is 2. The molecule has 3 aliphatic heterocycles. The van der Waals surface area contributed by atoms with E-state index in [1.165, 1.54) is 7.11 Å². The third kappa shape index (κ3) is 8.07. The summed E-state index contributed by atoms with van der Waals surface area (Å²) < 4.78 is 21.3. The molecule has 0 bridgehead atoms. The Balaban J connectivity index is 0.922. The molecule has 15 nitrogen and oxygen atoms in total. The molecule has 0 saturated carbocycles. The van der Waals surface area contributed by atoms with Gasteiger partial charge in [-0.25, -0.2) is 14.8 Å². The number of aromatic amines is 2. The van der Waals surface area contributed by atoms with Crippen molar-refractivity contribution in [1.82, 2.24) is 40.4 Å². The molecule has 0 radical (unpaired) electrons. The number of amides is 3. The molecule has 2 aromatic heterocycles. The van der Waals surface area contributed by atoms with Gasteiger partial charge in [-0.05, 0) is 76.4 Å². The average molecular weight is 879 g/mol. The SMILES string of the molecule is COC[C@H]1C[C@@H](c2nc3c(ccc4cc(-c5ccc6c(ccc7[nH]c([C@@H]8C[C@H](C)CN8C(=O)[C@@H](NC8OCO8)C(C)C)nc76)c5)ccc43)[nH]2)N(C(=O)[C@H](NC(=O)OC)c2ccccc2)C1. The summed E-state index contributed by atoms with van der Waals surface area (Å²) in [5, 5.41) is 10.1. The predicted octanol–water partition coefficient (Wildman–Crippen LogP) is 7.86. The van der Waals surface area contributed by atoms with Crippen molar-refractivity contribution >= 4 is 61.5 Å². The van der Waals surface area contributed by atoms with Gasteiger partial charge < -0.3 is 44.0 Å². The maximum Gasteiger partial charge on any atom is 0.407 e. The van der Waals surface area contributed by atoms with E-state index in [1.807, 2.05) is 55.1 Å². The third-order valence-electron chi connectivity index (χ3n) is 13.3. The lowest BCUT2D eigenvalue weighted by Crippen LogP contribution is -2.56. The smallest absolute Gasteiger partial charge is 0.407 e. The minimum absolute atomic E-state index is 0.0272. The first-order valence-electron chi connectivity index (χ1n) is 22.4. The molecule has 3 aliphatic rings. The summed E-state index contributed by atoms with van der Waals surface area (Å²) in [6.45, 7) is 8.07. The van der Waals surface area contributed by atoms with Gasteiger partial charge in [-0.2, -0.15) is 0 Å². The van der Waals surface area contributed by atoms with E-state index < -0.39 is 24.6 Å². The molecule has 7 aromatic rings. The minimum Gasteiger partial charge on any atom is -0.453 e. The van der Waals surface area contributed by atoms with Crippen molar-refractivity contribution in [2.75, 3.05) is 40.7 Å². The highest BCUT2D eigenvalue weighted by Gasteiger charge is 2.43. The van der Waals surface area contributed by atoms with E-state index in [0.717, 1.165) is 67.0 Å². The van der Waals surface area contributed by atoms with Crippen molar-refractivity contribution in [3.63, 3.8) is 0 Å². The molecule has 3 fully saturated rings. The first kappa shape index (κ1) is 42.6. The van der Waals surface area contributed by atoms with Crippen LogP contribution >= 0.6 is 0 Å². The second kappa shape index (κ2) is 17.5. The lowest BCUT2D eigenvalue weighted by Gasteiger charge is -2.35. The van der Waals surface area contributed by atoms with Crippen LogP contribution in [0.25, 0.3) is 54.7 Å². The molecule has 336 valence electrons. The number of nitrogens with zero attached hydrogens (tertiary/aromatic N) is 4. The van der Waals surface area contributed by atoms with Gasteiger partial charge in [-0.3, -0.25) is 14.9 Å². The summed E-state index contributed by atoms with van der Waals surface area (Å²) in [5.41, 5.74) is 6.31. The number of aromatic nitrogens is 4. The van der Waals surface area contributed by atoms with Crippen molar-refractivity contribution in [3.8, 4) is 11.1 Å². The summed E-state index contributed by atoms with van der Waals surface area (Å²) in [4.78, 5) is 62.1. The van der Waals surface area contributed by atoms with E-state index in [-0.39, 0.29) is 42.5 Å². The van der Waals surface area contributed by atoms with Crippen LogP contribution in [0, 0.1) is 17.8 Å². The quantitative estimate of drug-likeness (QED) is 0.0946. The Labute approximate surface area is 376 Å². The molecule has 0 spiro atoms. The molecule has 15 heteroatoms. The summed E-state index contributed by atoms with van der Waals surface area (Å²) in [6.07, 6.45) is 0.221. The molecule has 6 atom stereocenters. The fourth-order valence-corrected chi connectivity index (χ4v) is 10.0. The zero-order valence-corrected chi connectivity index (χ0v) is 37.2. The monoisotopic (exact) mass is 878 g/mol. The number of fused-ring (bicyclic) bond motifs is 6. The largest absolute Gasteiger partial charge is 0.453 e. The Kier molecular flexibility index (Phi) is 11.5. The van der Waals surface area contributed by atoms with Crippen LogP contribution in [0.3, 0.4) is 0 Å². The van der Waals surface area contributed by atoms with E-state index in [1.54, 1.807) is 12.0 Å². The van der Waals surface area contributed by atoms with Crippen LogP contribution in [0.15, 0.2) is 91.0 Å². The van der Waals surface area contributed by atoms with Crippen molar-refractivity contribution in [1.29, 1.82) is 0 Å². The normalized spacial score (nSPS) is 21.1. The van der Waals surface area contributed by atoms with Crippen LogP contribution in [0.4, 0.5) is 4.79 Å². The van der Waals surface area contributed by atoms with Gasteiger partial charge in [0.2, 0.25) is 12.3 Å². The molecule has 0 unspecified atom stereocenters. The number of alkyl carbamates (subject to hydrolysis) is 1. The number of carbonyl (C=O) groups is 3. The number of carbonyl (C=O) groups excluding carboxylic acids is 3. The van der Waals surface area contributed by atoms with Crippen LogP contribution in [0.5, 0.6) is 0 Å². The number of ether oxygens (including phenoxy) is 4. The number of hydrogen-bond donors (Lipinski definition) is 4. The summed E-state index contributed by atoms with van der Waals surface area (Å²) >= 11 is 0. The highest BCUT2D eigenvalue weighted by atomic mass is 16.9. The first-order chi connectivity index (χ1) is 31.6. The summed E-state index contributed by atoms with van der Waals surface area (Å²) in [6, 6.07) is 28.5. The Morgan fingerprint density at radius 1 is 0.769 bits per heavy atom. The van der Waals surface area contributed by atoms with Gasteiger partial charge in [0.25, 0.3) is 5.91 Å². The third-order valence-corrected chi connectivity index (χ3v) is 13.3. The van der Waals surface area contributed by atoms with Crippen LogP contribution in [-0.4, -0.2) is 101 Å². The topological polar surface area (TPSA) is 176 Å². The highest BCUT2D eigenvalue weighted by Crippen LogP contribution is 2.40. The second-order valence-electron chi connectivity index (χ2n) is 18.1.